The molecule has 2 atom stereocenters. The molecule has 94 valence electrons. The zero-order valence-electron chi connectivity index (χ0n) is 9.83. The van der Waals surface area contributed by atoms with Crippen molar-refractivity contribution in [1.29, 1.82) is 0 Å². The Hall–Kier alpha value is -0.980. The first-order valence-corrected chi connectivity index (χ1v) is 6.61. The van der Waals surface area contributed by atoms with Gasteiger partial charge in [-0.05, 0) is 32.5 Å². The van der Waals surface area contributed by atoms with Crippen LogP contribution >= 0.6 is 11.3 Å². The second kappa shape index (κ2) is 5.12. The van der Waals surface area contributed by atoms with Crippen LogP contribution < -0.4 is 5.73 Å². The third kappa shape index (κ3) is 2.65. The molecule has 0 saturated carbocycles. The molecule has 2 unspecified atom stereocenters. The lowest BCUT2D eigenvalue weighted by Crippen LogP contribution is -2.37. The Morgan fingerprint density at radius 1 is 1.53 bits per heavy atom. The number of likely N-dealkylation sites (tertiary alicyclic amines) is 1. The van der Waals surface area contributed by atoms with Gasteiger partial charge in [0.05, 0.1) is 11.0 Å². The fourth-order valence-corrected chi connectivity index (χ4v) is 3.46. The predicted octanol–water partition coefficient (Wildman–Crippen LogP) is 2.14. The van der Waals surface area contributed by atoms with Crippen LogP contribution in [0.3, 0.4) is 0 Å². The Labute approximate surface area is 104 Å². The molecule has 1 aromatic heterocycles. The van der Waals surface area contributed by atoms with Gasteiger partial charge in [-0.3, -0.25) is 15.0 Å². The Morgan fingerprint density at radius 2 is 2.29 bits per heavy atom. The Kier molecular flexibility index (Phi) is 3.76. The SMILES string of the molecule is CN1CCCCC(N)C1c1ccc([N+](=O)[O-])s1. The Bertz CT molecular complexity index is 395. The maximum Gasteiger partial charge on any atom is 0.324 e. The van der Waals surface area contributed by atoms with Gasteiger partial charge in [0, 0.05) is 17.0 Å². The van der Waals surface area contributed by atoms with E-state index in [1.807, 2.05) is 13.1 Å². The summed E-state index contributed by atoms with van der Waals surface area (Å²) in [7, 11) is 2.04. The smallest absolute Gasteiger partial charge is 0.324 e. The zero-order valence-corrected chi connectivity index (χ0v) is 10.7. The molecule has 1 saturated heterocycles. The van der Waals surface area contributed by atoms with E-state index in [9.17, 15) is 10.1 Å². The molecule has 1 aromatic rings. The molecule has 17 heavy (non-hydrogen) atoms. The van der Waals surface area contributed by atoms with Crippen molar-refractivity contribution in [3.05, 3.63) is 27.1 Å². The quantitative estimate of drug-likeness (QED) is 0.649. The summed E-state index contributed by atoms with van der Waals surface area (Å²) in [5.74, 6) is 0. The van der Waals surface area contributed by atoms with Crippen molar-refractivity contribution in [2.24, 2.45) is 5.73 Å². The first-order chi connectivity index (χ1) is 8.09. The van der Waals surface area contributed by atoms with Crippen LogP contribution in [-0.2, 0) is 0 Å². The van der Waals surface area contributed by atoms with Gasteiger partial charge in [0.1, 0.15) is 0 Å². The Balaban J connectivity index is 2.25. The van der Waals surface area contributed by atoms with Crippen LogP contribution in [0, 0.1) is 10.1 Å². The topological polar surface area (TPSA) is 72.4 Å². The summed E-state index contributed by atoms with van der Waals surface area (Å²) in [6.07, 6.45) is 3.27. The number of hydrogen-bond acceptors (Lipinski definition) is 5. The summed E-state index contributed by atoms with van der Waals surface area (Å²) in [6, 6.07) is 3.61. The van der Waals surface area contributed by atoms with Gasteiger partial charge in [0.15, 0.2) is 0 Å². The molecule has 2 N–H and O–H groups in total. The fourth-order valence-electron chi connectivity index (χ4n) is 2.39. The minimum Gasteiger partial charge on any atom is -0.326 e. The number of likely N-dealkylation sites (N-methyl/N-ethyl adjacent to an activating group) is 1. The van der Waals surface area contributed by atoms with Crippen LogP contribution in [-0.4, -0.2) is 29.5 Å². The van der Waals surface area contributed by atoms with Crippen LogP contribution in [0.4, 0.5) is 5.00 Å². The van der Waals surface area contributed by atoms with Crippen LogP contribution in [0.1, 0.15) is 30.2 Å². The molecule has 1 fully saturated rings. The molecule has 5 nitrogen and oxygen atoms in total. The van der Waals surface area contributed by atoms with E-state index in [2.05, 4.69) is 4.90 Å². The van der Waals surface area contributed by atoms with Gasteiger partial charge >= 0.3 is 5.00 Å². The van der Waals surface area contributed by atoms with Gasteiger partial charge in [-0.2, -0.15) is 0 Å². The minimum atomic E-state index is -0.337. The van der Waals surface area contributed by atoms with Gasteiger partial charge in [-0.15, -0.1) is 0 Å². The van der Waals surface area contributed by atoms with E-state index >= 15 is 0 Å². The predicted molar refractivity (Wildman–Crippen MR) is 68.2 cm³/mol. The van der Waals surface area contributed by atoms with Crippen molar-refractivity contribution in [3.63, 3.8) is 0 Å². The molecule has 0 amide bonds. The van der Waals surface area contributed by atoms with Crippen LogP contribution in [0.25, 0.3) is 0 Å². The summed E-state index contributed by atoms with van der Waals surface area (Å²) >= 11 is 1.24. The van der Waals surface area contributed by atoms with E-state index in [-0.39, 0.29) is 22.0 Å². The van der Waals surface area contributed by atoms with Crippen LogP contribution in [0.5, 0.6) is 0 Å². The van der Waals surface area contributed by atoms with Gasteiger partial charge in [-0.25, -0.2) is 0 Å². The van der Waals surface area contributed by atoms with Crippen molar-refractivity contribution < 1.29 is 4.92 Å². The van der Waals surface area contributed by atoms with Crippen molar-refractivity contribution in [2.75, 3.05) is 13.6 Å². The number of nitro groups is 1. The molecule has 0 spiro atoms. The number of hydrogen-bond donors (Lipinski definition) is 1. The first-order valence-electron chi connectivity index (χ1n) is 5.79. The van der Waals surface area contributed by atoms with Crippen LogP contribution in [0.2, 0.25) is 0 Å². The molecule has 0 radical (unpaired) electrons. The summed E-state index contributed by atoms with van der Waals surface area (Å²) in [5, 5.41) is 10.9. The van der Waals surface area contributed by atoms with Gasteiger partial charge in [0.2, 0.25) is 0 Å². The van der Waals surface area contributed by atoms with E-state index in [0.717, 1.165) is 30.7 Å². The first kappa shape index (κ1) is 12.5. The molecule has 6 heteroatoms. The van der Waals surface area contributed by atoms with Gasteiger partial charge in [0.25, 0.3) is 0 Å². The third-order valence-electron chi connectivity index (χ3n) is 3.26. The van der Waals surface area contributed by atoms with E-state index in [0.29, 0.717) is 0 Å². The molecule has 2 rings (SSSR count). The van der Waals surface area contributed by atoms with E-state index < -0.39 is 0 Å². The summed E-state index contributed by atoms with van der Waals surface area (Å²) in [5.41, 5.74) is 6.18. The van der Waals surface area contributed by atoms with Gasteiger partial charge < -0.3 is 5.73 Å². The maximum atomic E-state index is 10.7. The molecular weight excluding hydrogens is 238 g/mol. The molecule has 0 aromatic carbocycles. The highest BCUT2D eigenvalue weighted by Crippen LogP contribution is 2.35. The van der Waals surface area contributed by atoms with E-state index in [1.165, 1.54) is 11.3 Å². The number of nitrogens with zero attached hydrogens (tertiary/aromatic N) is 2. The Morgan fingerprint density at radius 3 is 2.94 bits per heavy atom. The standard InChI is InChI=1S/C11H17N3O2S/c1-13-7-3-2-4-8(12)11(13)9-5-6-10(17-9)14(15)16/h5-6,8,11H,2-4,7,12H2,1H3. The third-order valence-corrected chi connectivity index (χ3v) is 4.37. The molecule has 2 heterocycles. The highest BCUT2D eigenvalue weighted by atomic mass is 32.1. The van der Waals surface area contributed by atoms with Gasteiger partial charge in [-0.1, -0.05) is 17.8 Å². The van der Waals surface area contributed by atoms with Crippen molar-refractivity contribution >= 4 is 16.3 Å². The number of nitrogens with two attached hydrogens (primary N) is 1. The molecule has 0 aliphatic carbocycles. The molecule has 1 aliphatic heterocycles. The lowest BCUT2D eigenvalue weighted by molar-refractivity contribution is -0.380. The highest BCUT2D eigenvalue weighted by molar-refractivity contribution is 7.15. The van der Waals surface area contributed by atoms with Crippen molar-refractivity contribution in [3.8, 4) is 0 Å². The second-order valence-electron chi connectivity index (χ2n) is 4.52. The lowest BCUT2D eigenvalue weighted by atomic mass is 10.0. The number of thiophene rings is 1. The average Bonchev–Trinajstić information content (AvgIpc) is 2.68. The largest absolute Gasteiger partial charge is 0.326 e. The lowest BCUT2D eigenvalue weighted by Gasteiger charge is -2.28. The average molecular weight is 255 g/mol. The maximum absolute atomic E-state index is 10.7. The number of rotatable bonds is 2. The molecule has 1 aliphatic rings. The monoisotopic (exact) mass is 255 g/mol. The fraction of sp³-hybridized carbons (Fsp3) is 0.636. The summed E-state index contributed by atoms with van der Waals surface area (Å²) in [6.45, 7) is 1.00. The normalized spacial score (nSPS) is 26.7. The zero-order chi connectivity index (χ0) is 12.4. The minimum absolute atomic E-state index is 0.0701. The van der Waals surface area contributed by atoms with Crippen molar-refractivity contribution in [1.82, 2.24) is 4.90 Å². The summed E-state index contributed by atoms with van der Waals surface area (Å²) < 4.78 is 0. The van der Waals surface area contributed by atoms with Crippen LogP contribution in [0.15, 0.2) is 12.1 Å². The van der Waals surface area contributed by atoms with E-state index in [1.54, 1.807) is 6.07 Å². The molecular formula is C11H17N3O2S. The summed E-state index contributed by atoms with van der Waals surface area (Å²) in [4.78, 5) is 13.6. The van der Waals surface area contributed by atoms with Crippen molar-refractivity contribution in [2.45, 2.75) is 31.3 Å². The second-order valence-corrected chi connectivity index (χ2v) is 5.61. The molecule has 0 bridgehead atoms. The van der Waals surface area contributed by atoms with E-state index in [4.69, 9.17) is 5.73 Å². The highest BCUT2D eigenvalue weighted by Gasteiger charge is 2.28.